The van der Waals surface area contributed by atoms with E-state index in [1.165, 1.54) is 31.5 Å². The van der Waals surface area contributed by atoms with Crippen LogP contribution in [0.25, 0.3) is 0 Å². The number of carbonyl (C=O) groups is 1. The van der Waals surface area contributed by atoms with Gasteiger partial charge in [0.2, 0.25) is 5.91 Å². The molecule has 5 nitrogen and oxygen atoms in total. The Labute approximate surface area is 145 Å². The van der Waals surface area contributed by atoms with Crippen LogP contribution in [0, 0.1) is 0 Å². The molecule has 0 N–H and O–H groups in total. The zero-order valence-corrected chi connectivity index (χ0v) is 15.1. The van der Waals surface area contributed by atoms with Gasteiger partial charge in [-0.1, -0.05) is 12.1 Å². The standard InChI is InChI=1S/C19H29N3O2/c1-15(23)22-13-12-21(17-8-10-20(2)11-9-17)14-19(22)16-4-6-18(24-3)7-5-16/h4-7,17,19H,8-14H2,1-3H3/t19-/m1/s1. The Kier molecular flexibility index (Phi) is 5.41. The number of carbonyl (C=O) groups excluding carboxylic acids is 1. The fourth-order valence-electron chi connectivity index (χ4n) is 3.98. The highest BCUT2D eigenvalue weighted by molar-refractivity contribution is 5.74. The van der Waals surface area contributed by atoms with E-state index in [1.807, 2.05) is 17.0 Å². The molecule has 0 radical (unpaired) electrons. The predicted molar refractivity (Wildman–Crippen MR) is 95.2 cm³/mol. The van der Waals surface area contributed by atoms with Crippen molar-refractivity contribution in [2.24, 2.45) is 0 Å². The number of likely N-dealkylation sites (tertiary alicyclic amines) is 1. The minimum Gasteiger partial charge on any atom is -0.497 e. The first-order valence-electron chi connectivity index (χ1n) is 8.92. The number of methoxy groups -OCH3 is 1. The van der Waals surface area contributed by atoms with Gasteiger partial charge in [-0.3, -0.25) is 9.69 Å². The molecule has 1 amide bonds. The third-order valence-electron chi connectivity index (χ3n) is 5.52. The molecule has 0 aromatic heterocycles. The number of amides is 1. The van der Waals surface area contributed by atoms with E-state index in [1.54, 1.807) is 14.0 Å². The summed E-state index contributed by atoms with van der Waals surface area (Å²) in [5.74, 6) is 1.02. The van der Waals surface area contributed by atoms with E-state index in [-0.39, 0.29) is 11.9 Å². The lowest BCUT2D eigenvalue weighted by Crippen LogP contribution is -2.55. The Morgan fingerprint density at radius 3 is 2.33 bits per heavy atom. The van der Waals surface area contributed by atoms with E-state index in [0.29, 0.717) is 6.04 Å². The summed E-state index contributed by atoms with van der Waals surface area (Å²) in [6.45, 7) is 6.76. The molecular formula is C19H29N3O2. The Morgan fingerprint density at radius 1 is 1.08 bits per heavy atom. The van der Waals surface area contributed by atoms with Crippen LogP contribution in [0.3, 0.4) is 0 Å². The van der Waals surface area contributed by atoms with Crippen LogP contribution in [0.2, 0.25) is 0 Å². The van der Waals surface area contributed by atoms with Gasteiger partial charge >= 0.3 is 0 Å². The molecule has 24 heavy (non-hydrogen) atoms. The number of nitrogens with zero attached hydrogens (tertiary/aromatic N) is 3. The quantitative estimate of drug-likeness (QED) is 0.849. The monoisotopic (exact) mass is 331 g/mol. The topological polar surface area (TPSA) is 36.0 Å². The van der Waals surface area contributed by atoms with Gasteiger partial charge < -0.3 is 14.5 Å². The highest BCUT2D eigenvalue weighted by Gasteiger charge is 2.33. The third kappa shape index (κ3) is 3.73. The van der Waals surface area contributed by atoms with E-state index in [0.717, 1.165) is 25.4 Å². The van der Waals surface area contributed by atoms with Crippen molar-refractivity contribution in [3.63, 3.8) is 0 Å². The molecule has 3 rings (SSSR count). The number of ether oxygens (including phenoxy) is 1. The minimum atomic E-state index is 0.141. The van der Waals surface area contributed by atoms with Gasteiger partial charge in [0.1, 0.15) is 5.75 Å². The molecule has 0 bridgehead atoms. The summed E-state index contributed by atoms with van der Waals surface area (Å²) >= 11 is 0. The molecule has 1 atom stereocenters. The average Bonchev–Trinajstić information content (AvgIpc) is 2.62. The molecule has 1 aromatic carbocycles. The van der Waals surface area contributed by atoms with E-state index in [4.69, 9.17) is 4.74 Å². The largest absolute Gasteiger partial charge is 0.497 e. The lowest BCUT2D eigenvalue weighted by atomic mass is 9.97. The van der Waals surface area contributed by atoms with Crippen LogP contribution < -0.4 is 4.74 Å². The Hall–Kier alpha value is -1.59. The zero-order valence-electron chi connectivity index (χ0n) is 15.1. The van der Waals surface area contributed by atoms with E-state index >= 15 is 0 Å². The van der Waals surface area contributed by atoms with Crippen molar-refractivity contribution in [3.05, 3.63) is 29.8 Å². The van der Waals surface area contributed by atoms with E-state index in [9.17, 15) is 4.79 Å². The predicted octanol–water partition coefficient (Wildman–Crippen LogP) is 1.99. The molecule has 2 fully saturated rings. The Morgan fingerprint density at radius 2 is 1.75 bits per heavy atom. The highest BCUT2D eigenvalue weighted by Crippen LogP contribution is 2.29. The molecular weight excluding hydrogens is 302 g/mol. The van der Waals surface area contributed by atoms with Crippen LogP contribution in [-0.4, -0.2) is 73.5 Å². The second-order valence-corrected chi connectivity index (χ2v) is 7.03. The summed E-state index contributed by atoms with van der Waals surface area (Å²) in [5, 5.41) is 0. The number of benzene rings is 1. The van der Waals surface area contributed by atoms with Crippen LogP contribution in [0.4, 0.5) is 0 Å². The summed E-state index contributed by atoms with van der Waals surface area (Å²) in [7, 11) is 3.88. The molecule has 132 valence electrons. The molecule has 0 aliphatic carbocycles. The van der Waals surface area contributed by atoms with Gasteiger partial charge in [-0.2, -0.15) is 0 Å². The van der Waals surface area contributed by atoms with Crippen molar-refractivity contribution < 1.29 is 9.53 Å². The van der Waals surface area contributed by atoms with Crippen LogP contribution in [0.5, 0.6) is 5.75 Å². The molecule has 2 aliphatic heterocycles. The zero-order chi connectivity index (χ0) is 17.1. The van der Waals surface area contributed by atoms with Crippen molar-refractivity contribution >= 4 is 5.91 Å². The summed E-state index contributed by atoms with van der Waals surface area (Å²) < 4.78 is 5.26. The Balaban J connectivity index is 1.75. The van der Waals surface area contributed by atoms with Gasteiger partial charge in [-0.05, 0) is 50.7 Å². The Bertz CT molecular complexity index is 552. The summed E-state index contributed by atoms with van der Waals surface area (Å²) in [6, 6.07) is 8.96. The van der Waals surface area contributed by atoms with Gasteiger partial charge in [-0.15, -0.1) is 0 Å². The number of piperazine rings is 1. The lowest BCUT2D eigenvalue weighted by Gasteiger charge is -2.46. The lowest BCUT2D eigenvalue weighted by molar-refractivity contribution is -0.134. The van der Waals surface area contributed by atoms with Crippen molar-refractivity contribution in [2.75, 3.05) is 46.9 Å². The summed E-state index contributed by atoms with van der Waals surface area (Å²) in [6.07, 6.45) is 2.46. The maximum atomic E-state index is 12.1. The number of piperidine rings is 1. The second kappa shape index (κ2) is 7.53. The van der Waals surface area contributed by atoms with Crippen LogP contribution in [0.15, 0.2) is 24.3 Å². The molecule has 0 spiro atoms. The number of hydrogen-bond acceptors (Lipinski definition) is 4. The maximum Gasteiger partial charge on any atom is 0.220 e. The maximum absolute atomic E-state index is 12.1. The molecule has 5 heteroatoms. The molecule has 2 aliphatic rings. The molecule has 2 saturated heterocycles. The van der Waals surface area contributed by atoms with Crippen LogP contribution >= 0.6 is 0 Å². The minimum absolute atomic E-state index is 0.141. The molecule has 0 saturated carbocycles. The van der Waals surface area contributed by atoms with Gasteiger partial charge in [0.25, 0.3) is 0 Å². The number of rotatable bonds is 3. The fraction of sp³-hybridized carbons (Fsp3) is 0.632. The first-order valence-corrected chi connectivity index (χ1v) is 8.92. The second-order valence-electron chi connectivity index (χ2n) is 7.03. The van der Waals surface area contributed by atoms with Crippen molar-refractivity contribution in [1.82, 2.24) is 14.7 Å². The van der Waals surface area contributed by atoms with Crippen molar-refractivity contribution in [3.8, 4) is 5.75 Å². The molecule has 1 aromatic rings. The summed E-state index contributed by atoms with van der Waals surface area (Å²) in [4.78, 5) is 19.1. The third-order valence-corrected chi connectivity index (χ3v) is 5.52. The van der Waals surface area contributed by atoms with Gasteiger partial charge in [0.05, 0.1) is 13.2 Å². The molecule has 2 heterocycles. The van der Waals surface area contributed by atoms with Crippen LogP contribution in [0.1, 0.15) is 31.4 Å². The van der Waals surface area contributed by atoms with Crippen LogP contribution in [-0.2, 0) is 4.79 Å². The highest BCUT2D eigenvalue weighted by atomic mass is 16.5. The smallest absolute Gasteiger partial charge is 0.220 e. The summed E-state index contributed by atoms with van der Waals surface area (Å²) in [5.41, 5.74) is 1.20. The van der Waals surface area contributed by atoms with Crippen molar-refractivity contribution in [2.45, 2.75) is 31.8 Å². The first kappa shape index (κ1) is 17.2. The SMILES string of the molecule is COc1ccc([C@H]2CN(C3CCN(C)CC3)CCN2C(C)=O)cc1. The van der Waals surface area contributed by atoms with Gasteiger partial charge in [-0.25, -0.2) is 0 Å². The van der Waals surface area contributed by atoms with Crippen molar-refractivity contribution in [1.29, 1.82) is 0 Å². The normalized spacial score (nSPS) is 24.1. The van der Waals surface area contributed by atoms with Gasteiger partial charge in [0.15, 0.2) is 0 Å². The first-order chi connectivity index (χ1) is 11.6. The number of hydrogen-bond donors (Lipinski definition) is 0. The fourth-order valence-corrected chi connectivity index (χ4v) is 3.98. The van der Waals surface area contributed by atoms with E-state index in [2.05, 4.69) is 29.0 Å². The average molecular weight is 331 g/mol. The molecule has 0 unspecified atom stereocenters. The van der Waals surface area contributed by atoms with Gasteiger partial charge in [0, 0.05) is 32.6 Å². The van der Waals surface area contributed by atoms with E-state index < -0.39 is 0 Å².